The van der Waals surface area contributed by atoms with Crippen molar-refractivity contribution in [3.63, 3.8) is 0 Å². The lowest BCUT2D eigenvalue weighted by atomic mass is 9.76. The quantitative estimate of drug-likeness (QED) is 0.334. The first kappa shape index (κ1) is 26.9. The Balaban J connectivity index is 1.41. The van der Waals surface area contributed by atoms with Crippen molar-refractivity contribution in [3.8, 4) is 11.8 Å². The summed E-state index contributed by atoms with van der Waals surface area (Å²) in [6, 6.07) is 16.9. The summed E-state index contributed by atoms with van der Waals surface area (Å²) in [5.41, 5.74) is 9.69. The molecule has 198 valence electrons. The van der Waals surface area contributed by atoms with Crippen LogP contribution in [0.5, 0.6) is 5.75 Å². The van der Waals surface area contributed by atoms with Gasteiger partial charge in [0.05, 0.1) is 30.4 Å². The van der Waals surface area contributed by atoms with Gasteiger partial charge < -0.3 is 15.8 Å². The van der Waals surface area contributed by atoms with E-state index in [-0.39, 0.29) is 28.8 Å². The van der Waals surface area contributed by atoms with Crippen molar-refractivity contribution in [3.05, 3.63) is 81.2 Å². The Bertz CT molecular complexity index is 1530. The molecule has 9 nitrogen and oxygen atoms in total. The average molecular weight is 624 g/mol. The van der Waals surface area contributed by atoms with E-state index < -0.39 is 5.92 Å². The van der Waals surface area contributed by atoms with Gasteiger partial charge in [0.25, 0.3) is 0 Å². The number of hydrogen-bond donors (Lipinski definition) is 2. The number of benzene rings is 2. The third-order valence-electron chi connectivity index (χ3n) is 6.40. The van der Waals surface area contributed by atoms with Gasteiger partial charge in [-0.1, -0.05) is 51.2 Å². The molecule has 0 saturated heterocycles. The fourth-order valence-electron chi connectivity index (χ4n) is 4.64. The molecular weight excluding hydrogens is 600 g/mol. The van der Waals surface area contributed by atoms with Crippen molar-refractivity contribution in [1.29, 1.82) is 5.26 Å². The number of allylic oxidation sites excluding steroid dienone is 3. The number of hydrogen-bond acceptors (Lipinski definition) is 10. The van der Waals surface area contributed by atoms with E-state index in [1.165, 1.54) is 23.1 Å². The number of methoxy groups -OCH3 is 1. The van der Waals surface area contributed by atoms with Crippen LogP contribution in [0.2, 0.25) is 0 Å². The summed E-state index contributed by atoms with van der Waals surface area (Å²) in [5.74, 6) is 0.307. The number of amides is 1. The summed E-state index contributed by atoms with van der Waals surface area (Å²) in [7, 11) is 1.58. The number of ketones is 1. The van der Waals surface area contributed by atoms with E-state index in [2.05, 4.69) is 37.5 Å². The molecular formula is C27H23BrN6O3S2. The molecule has 1 amide bonds. The van der Waals surface area contributed by atoms with Crippen LogP contribution < -0.4 is 20.7 Å². The summed E-state index contributed by atoms with van der Waals surface area (Å²) in [6.45, 7) is 0. The number of Topliss-reactive ketones (excluding diaryl/α,β-unsaturated/α-hetero) is 1. The molecule has 0 fully saturated rings. The highest BCUT2D eigenvalue weighted by atomic mass is 79.9. The predicted molar refractivity (Wildman–Crippen MR) is 154 cm³/mol. The lowest BCUT2D eigenvalue weighted by molar-refractivity contribution is -0.116. The Morgan fingerprint density at radius 3 is 2.67 bits per heavy atom. The Labute approximate surface area is 241 Å². The minimum atomic E-state index is -0.566. The molecule has 39 heavy (non-hydrogen) atoms. The number of nitriles is 1. The second kappa shape index (κ2) is 11.6. The number of nitrogens with two attached hydrogens (primary N) is 1. The first-order valence-electron chi connectivity index (χ1n) is 12.0. The maximum atomic E-state index is 13.3. The third-order valence-corrected chi connectivity index (χ3v) is 8.97. The van der Waals surface area contributed by atoms with Gasteiger partial charge in [0, 0.05) is 27.9 Å². The Kier molecular flexibility index (Phi) is 8.02. The zero-order valence-corrected chi connectivity index (χ0v) is 24.0. The van der Waals surface area contributed by atoms with Crippen LogP contribution in [0.25, 0.3) is 0 Å². The van der Waals surface area contributed by atoms with Gasteiger partial charge in [0.1, 0.15) is 11.6 Å². The molecule has 12 heteroatoms. The zero-order chi connectivity index (χ0) is 27.5. The van der Waals surface area contributed by atoms with Crippen LogP contribution in [-0.4, -0.2) is 34.8 Å². The maximum absolute atomic E-state index is 13.3. The number of halogens is 1. The molecule has 1 aliphatic carbocycles. The van der Waals surface area contributed by atoms with E-state index >= 15 is 0 Å². The topological polar surface area (TPSA) is 134 Å². The van der Waals surface area contributed by atoms with Crippen LogP contribution in [0, 0.1) is 11.3 Å². The number of anilines is 2. The molecule has 5 rings (SSSR count). The van der Waals surface area contributed by atoms with Crippen molar-refractivity contribution in [2.24, 2.45) is 5.73 Å². The van der Waals surface area contributed by atoms with E-state index in [4.69, 9.17) is 10.5 Å². The SMILES string of the molecule is COc1ccc(C2C(C#N)=C(N)N(c3nnc(SCC(=O)Nc4ccc(Br)cc4)s3)C3=C2C(=O)CCC3)cc1. The molecule has 0 spiro atoms. The Hall–Kier alpha value is -3.66. The van der Waals surface area contributed by atoms with Gasteiger partial charge in [-0.3, -0.25) is 14.5 Å². The highest BCUT2D eigenvalue weighted by molar-refractivity contribution is 9.10. The minimum Gasteiger partial charge on any atom is -0.497 e. The lowest BCUT2D eigenvalue weighted by Crippen LogP contribution is -2.38. The molecule has 3 aromatic rings. The normalized spacial score (nSPS) is 17.1. The number of carbonyl (C=O) groups excluding carboxylic acids is 2. The van der Waals surface area contributed by atoms with Gasteiger partial charge in [-0.2, -0.15) is 5.26 Å². The number of aromatic nitrogens is 2. The smallest absolute Gasteiger partial charge is 0.234 e. The first-order valence-corrected chi connectivity index (χ1v) is 14.6. The maximum Gasteiger partial charge on any atom is 0.234 e. The van der Waals surface area contributed by atoms with Crippen LogP contribution in [0.15, 0.2) is 80.0 Å². The summed E-state index contributed by atoms with van der Waals surface area (Å²) in [6.07, 6.45) is 1.70. The van der Waals surface area contributed by atoms with E-state index in [9.17, 15) is 14.9 Å². The van der Waals surface area contributed by atoms with Crippen LogP contribution in [0.1, 0.15) is 30.7 Å². The van der Waals surface area contributed by atoms with Crippen LogP contribution in [0.4, 0.5) is 10.8 Å². The van der Waals surface area contributed by atoms with Crippen LogP contribution >= 0.6 is 39.0 Å². The number of thioether (sulfide) groups is 1. The fraction of sp³-hybridized carbons (Fsp3) is 0.222. The monoisotopic (exact) mass is 622 g/mol. The summed E-state index contributed by atoms with van der Waals surface area (Å²) >= 11 is 5.89. The Morgan fingerprint density at radius 2 is 1.97 bits per heavy atom. The molecule has 0 saturated carbocycles. The molecule has 1 aliphatic heterocycles. The summed E-state index contributed by atoms with van der Waals surface area (Å²) in [5, 5.41) is 22.0. The summed E-state index contributed by atoms with van der Waals surface area (Å²) < 4.78 is 6.77. The Morgan fingerprint density at radius 1 is 1.23 bits per heavy atom. The number of ether oxygens (including phenoxy) is 1. The number of carbonyl (C=O) groups is 2. The van der Waals surface area contributed by atoms with Gasteiger partial charge in [0.15, 0.2) is 10.1 Å². The molecule has 0 radical (unpaired) electrons. The lowest BCUT2D eigenvalue weighted by Gasteiger charge is -2.38. The van der Waals surface area contributed by atoms with Crippen molar-refractivity contribution < 1.29 is 14.3 Å². The largest absolute Gasteiger partial charge is 0.497 e. The molecule has 2 aliphatic rings. The van der Waals surface area contributed by atoms with E-state index in [0.29, 0.717) is 45.7 Å². The van der Waals surface area contributed by atoms with Crippen molar-refractivity contribution >= 4 is 61.5 Å². The van der Waals surface area contributed by atoms with Gasteiger partial charge in [-0.05, 0) is 54.8 Å². The molecule has 2 heterocycles. The molecule has 1 aromatic heterocycles. The number of nitrogens with one attached hydrogen (secondary N) is 1. The fourth-order valence-corrected chi connectivity index (χ4v) is 6.59. The third kappa shape index (κ3) is 5.56. The second-order valence-corrected chi connectivity index (χ2v) is 11.9. The zero-order valence-electron chi connectivity index (χ0n) is 20.8. The van der Waals surface area contributed by atoms with Gasteiger partial charge in [-0.25, -0.2) is 0 Å². The standard InChI is InChI=1S/C27H23BrN6O3S2/c1-37-18-11-5-15(6-12-18)23-19(13-29)25(30)34(20-3-2-4-21(35)24(20)23)26-32-33-27(39-26)38-14-22(36)31-17-9-7-16(28)8-10-17/h5-12,23H,2-4,14,30H2,1H3,(H,31,36). The highest BCUT2D eigenvalue weighted by Gasteiger charge is 2.41. The first-order chi connectivity index (χ1) is 18.9. The highest BCUT2D eigenvalue weighted by Crippen LogP contribution is 2.47. The van der Waals surface area contributed by atoms with E-state index in [1.54, 1.807) is 12.0 Å². The minimum absolute atomic E-state index is 0.00829. The van der Waals surface area contributed by atoms with Gasteiger partial charge >= 0.3 is 0 Å². The van der Waals surface area contributed by atoms with Gasteiger partial charge in [0.2, 0.25) is 11.0 Å². The molecule has 0 bridgehead atoms. The van der Waals surface area contributed by atoms with Crippen LogP contribution in [-0.2, 0) is 9.59 Å². The molecule has 1 unspecified atom stereocenters. The molecule has 3 N–H and O–H groups in total. The second-order valence-electron chi connectivity index (χ2n) is 8.78. The van der Waals surface area contributed by atoms with Gasteiger partial charge in [-0.15, -0.1) is 10.2 Å². The number of rotatable bonds is 7. The summed E-state index contributed by atoms with van der Waals surface area (Å²) in [4.78, 5) is 27.4. The predicted octanol–water partition coefficient (Wildman–Crippen LogP) is 5.34. The molecule has 1 atom stereocenters. The number of nitrogens with zero attached hydrogens (tertiary/aromatic N) is 4. The van der Waals surface area contributed by atoms with Crippen molar-refractivity contribution in [1.82, 2.24) is 10.2 Å². The molecule has 2 aromatic carbocycles. The van der Waals surface area contributed by atoms with Crippen molar-refractivity contribution in [2.45, 2.75) is 29.5 Å². The van der Waals surface area contributed by atoms with Crippen LogP contribution in [0.3, 0.4) is 0 Å². The van der Waals surface area contributed by atoms with E-state index in [1.807, 2.05) is 48.5 Å². The average Bonchev–Trinajstić information content (AvgIpc) is 3.41. The van der Waals surface area contributed by atoms with E-state index in [0.717, 1.165) is 15.7 Å². The van der Waals surface area contributed by atoms with Crippen molar-refractivity contribution in [2.75, 3.05) is 23.1 Å².